The maximum absolute atomic E-state index is 5.93. The lowest BCUT2D eigenvalue weighted by atomic mass is 10.1. The van der Waals surface area contributed by atoms with Crippen LogP contribution < -0.4 is 9.47 Å². The molecule has 0 bridgehead atoms. The summed E-state index contributed by atoms with van der Waals surface area (Å²) in [4.78, 5) is 8.43. The molecule has 3 heterocycles. The minimum absolute atomic E-state index is 0.437. The van der Waals surface area contributed by atoms with E-state index in [1.54, 1.807) is 31.9 Å². The number of hydrogen-bond donors (Lipinski definition) is 1. The zero-order chi connectivity index (χ0) is 20.5. The van der Waals surface area contributed by atoms with Gasteiger partial charge in [-0.05, 0) is 29.3 Å². The average molecular weight is 388 g/mol. The van der Waals surface area contributed by atoms with Gasteiger partial charge in [0.2, 0.25) is 5.88 Å². The molecular weight excluding hydrogens is 364 g/mol. The molecule has 0 aliphatic heterocycles. The highest BCUT2D eigenvalue weighted by Crippen LogP contribution is 2.28. The van der Waals surface area contributed by atoms with Crippen molar-refractivity contribution in [3.63, 3.8) is 0 Å². The van der Waals surface area contributed by atoms with E-state index in [9.17, 15) is 0 Å². The number of pyridine rings is 2. The van der Waals surface area contributed by atoms with Crippen molar-refractivity contribution in [2.75, 3.05) is 7.11 Å². The number of methoxy groups -OCH3 is 1. The average Bonchev–Trinajstić information content (AvgIpc) is 3.29. The van der Waals surface area contributed by atoms with Crippen LogP contribution in [0.3, 0.4) is 0 Å². The molecule has 0 amide bonds. The predicted molar refractivity (Wildman–Crippen MR) is 114 cm³/mol. The van der Waals surface area contributed by atoms with Crippen molar-refractivity contribution in [1.29, 1.82) is 0 Å². The summed E-state index contributed by atoms with van der Waals surface area (Å²) in [7, 11) is 1.65. The van der Waals surface area contributed by atoms with Crippen LogP contribution >= 0.6 is 0 Å². The van der Waals surface area contributed by atoms with Gasteiger partial charge in [0.15, 0.2) is 0 Å². The zero-order valence-electron chi connectivity index (χ0n) is 16.8. The molecule has 1 aromatic carbocycles. The van der Waals surface area contributed by atoms with E-state index in [-0.39, 0.29) is 0 Å². The molecule has 0 fully saturated rings. The Hall–Kier alpha value is -3.67. The standard InChI is InChI=1S/C21H18N4O2.C2H6/c1-26-18-8-11-23-20(12-18)17-4-2-15(3-5-17)14-27-21-19(13-24-25-21)16-6-9-22-10-7-16;1-2/h2-13H,14H2,1H3,(H,24,25);1-2H3. The molecule has 148 valence electrons. The van der Waals surface area contributed by atoms with Gasteiger partial charge in [-0.2, -0.15) is 5.10 Å². The molecular formula is C23H24N4O2. The molecule has 0 unspecified atom stereocenters. The fourth-order valence-electron chi connectivity index (χ4n) is 2.74. The maximum Gasteiger partial charge on any atom is 0.217 e. The Morgan fingerprint density at radius 2 is 1.66 bits per heavy atom. The van der Waals surface area contributed by atoms with Crippen LogP contribution in [0.4, 0.5) is 0 Å². The Labute approximate surface area is 170 Å². The van der Waals surface area contributed by atoms with Gasteiger partial charge in [-0.3, -0.25) is 9.97 Å². The second-order valence-corrected chi connectivity index (χ2v) is 5.92. The van der Waals surface area contributed by atoms with Gasteiger partial charge in [0.05, 0.1) is 24.6 Å². The maximum atomic E-state index is 5.93. The highest BCUT2D eigenvalue weighted by molar-refractivity contribution is 5.67. The van der Waals surface area contributed by atoms with E-state index >= 15 is 0 Å². The van der Waals surface area contributed by atoms with Crippen LogP contribution in [-0.4, -0.2) is 27.3 Å². The van der Waals surface area contributed by atoms with Crippen molar-refractivity contribution in [2.45, 2.75) is 20.5 Å². The van der Waals surface area contributed by atoms with Gasteiger partial charge in [0, 0.05) is 30.2 Å². The second-order valence-electron chi connectivity index (χ2n) is 5.92. The molecule has 1 N–H and O–H groups in total. The molecule has 3 aromatic heterocycles. The molecule has 0 radical (unpaired) electrons. The van der Waals surface area contributed by atoms with Gasteiger partial charge in [0.25, 0.3) is 0 Å². The fraction of sp³-hybridized carbons (Fsp3) is 0.174. The van der Waals surface area contributed by atoms with Crippen molar-refractivity contribution in [3.8, 4) is 34.0 Å². The SMILES string of the molecule is CC.COc1ccnc(-c2ccc(COc3[nH]ncc3-c3ccncc3)cc2)c1. The summed E-state index contributed by atoms with van der Waals surface area (Å²) < 4.78 is 11.2. The Morgan fingerprint density at radius 3 is 2.38 bits per heavy atom. The summed E-state index contributed by atoms with van der Waals surface area (Å²) in [5, 5.41) is 7.00. The molecule has 4 aromatic rings. The van der Waals surface area contributed by atoms with Gasteiger partial charge < -0.3 is 9.47 Å². The number of rotatable bonds is 6. The molecule has 29 heavy (non-hydrogen) atoms. The van der Waals surface area contributed by atoms with Gasteiger partial charge >= 0.3 is 0 Å². The molecule has 0 aliphatic carbocycles. The zero-order valence-corrected chi connectivity index (χ0v) is 16.8. The van der Waals surface area contributed by atoms with E-state index in [2.05, 4.69) is 20.2 Å². The minimum atomic E-state index is 0.437. The molecule has 0 saturated carbocycles. The van der Waals surface area contributed by atoms with Gasteiger partial charge in [-0.1, -0.05) is 38.1 Å². The van der Waals surface area contributed by atoms with Crippen LogP contribution in [0.15, 0.2) is 73.3 Å². The number of ether oxygens (including phenoxy) is 2. The van der Waals surface area contributed by atoms with E-state index in [1.165, 1.54) is 0 Å². The van der Waals surface area contributed by atoms with Crippen molar-refractivity contribution in [2.24, 2.45) is 0 Å². The topological polar surface area (TPSA) is 72.9 Å². The summed E-state index contributed by atoms with van der Waals surface area (Å²) in [5.74, 6) is 1.43. The molecule has 0 atom stereocenters. The largest absolute Gasteiger partial charge is 0.497 e. The number of nitrogens with one attached hydrogen (secondary N) is 1. The summed E-state index contributed by atoms with van der Waals surface area (Å²) in [5.41, 5.74) is 4.87. The van der Waals surface area contributed by atoms with Gasteiger partial charge in [0.1, 0.15) is 12.4 Å². The monoisotopic (exact) mass is 388 g/mol. The lowest BCUT2D eigenvalue weighted by Gasteiger charge is -2.08. The van der Waals surface area contributed by atoms with Crippen LogP contribution in [0.25, 0.3) is 22.4 Å². The molecule has 0 spiro atoms. The lowest BCUT2D eigenvalue weighted by Crippen LogP contribution is -1.97. The number of benzene rings is 1. The van der Waals surface area contributed by atoms with E-state index < -0.39 is 0 Å². The normalized spacial score (nSPS) is 10.0. The van der Waals surface area contributed by atoms with Crippen LogP contribution in [0.1, 0.15) is 19.4 Å². The number of H-pyrrole nitrogens is 1. The van der Waals surface area contributed by atoms with Crippen LogP contribution in [-0.2, 0) is 6.61 Å². The lowest BCUT2D eigenvalue weighted by molar-refractivity contribution is 0.294. The molecule has 6 heteroatoms. The first kappa shape index (κ1) is 20.1. The first-order valence-electron chi connectivity index (χ1n) is 9.49. The summed E-state index contributed by atoms with van der Waals surface area (Å²) in [6, 6.07) is 15.7. The van der Waals surface area contributed by atoms with Crippen LogP contribution in [0, 0.1) is 0 Å². The minimum Gasteiger partial charge on any atom is -0.497 e. The molecule has 6 nitrogen and oxygen atoms in total. The molecule has 4 rings (SSSR count). The summed E-state index contributed by atoms with van der Waals surface area (Å²) in [6.45, 7) is 4.44. The quantitative estimate of drug-likeness (QED) is 0.495. The van der Waals surface area contributed by atoms with E-state index in [1.807, 2.05) is 62.4 Å². The number of aromatic nitrogens is 4. The number of hydrogen-bond acceptors (Lipinski definition) is 5. The Bertz CT molecular complexity index is 1010. The Kier molecular flexibility index (Phi) is 6.95. The number of aromatic amines is 1. The first-order chi connectivity index (χ1) is 14.3. The van der Waals surface area contributed by atoms with Crippen LogP contribution in [0.5, 0.6) is 11.6 Å². The number of nitrogens with zero attached hydrogens (tertiary/aromatic N) is 3. The van der Waals surface area contributed by atoms with Crippen LogP contribution in [0.2, 0.25) is 0 Å². The highest BCUT2D eigenvalue weighted by atomic mass is 16.5. The molecule has 0 aliphatic rings. The van der Waals surface area contributed by atoms with E-state index in [4.69, 9.17) is 9.47 Å². The summed E-state index contributed by atoms with van der Waals surface area (Å²) in [6.07, 6.45) is 6.99. The predicted octanol–water partition coefficient (Wildman–Crippen LogP) is 5.15. The second kappa shape index (κ2) is 10.0. The Morgan fingerprint density at radius 1 is 0.897 bits per heavy atom. The van der Waals surface area contributed by atoms with E-state index in [0.717, 1.165) is 33.7 Å². The van der Waals surface area contributed by atoms with Crippen molar-refractivity contribution >= 4 is 0 Å². The van der Waals surface area contributed by atoms with Crippen molar-refractivity contribution < 1.29 is 9.47 Å². The fourth-order valence-corrected chi connectivity index (χ4v) is 2.74. The molecule has 0 saturated heterocycles. The van der Waals surface area contributed by atoms with E-state index in [0.29, 0.717) is 12.5 Å². The van der Waals surface area contributed by atoms with Crippen molar-refractivity contribution in [1.82, 2.24) is 20.2 Å². The van der Waals surface area contributed by atoms with Gasteiger partial charge in [-0.25, -0.2) is 5.10 Å². The van der Waals surface area contributed by atoms with Gasteiger partial charge in [-0.15, -0.1) is 0 Å². The van der Waals surface area contributed by atoms with Crippen molar-refractivity contribution in [3.05, 3.63) is 78.9 Å². The Balaban J connectivity index is 0.00000117. The third-order valence-electron chi connectivity index (χ3n) is 4.20. The third-order valence-corrected chi connectivity index (χ3v) is 4.20. The third kappa shape index (κ3) is 4.99. The smallest absolute Gasteiger partial charge is 0.217 e. The highest BCUT2D eigenvalue weighted by Gasteiger charge is 2.09. The summed E-state index contributed by atoms with van der Waals surface area (Å²) >= 11 is 0. The first-order valence-corrected chi connectivity index (χ1v) is 9.49.